The molecule has 0 amide bonds. The Morgan fingerprint density at radius 3 is 2.64 bits per heavy atom. The van der Waals surface area contributed by atoms with Crippen molar-refractivity contribution >= 4 is 29.9 Å². The number of nitrogens with one attached hydrogen (secondary N) is 1. The first kappa shape index (κ1) is 24.8. The number of hydrogen-bond donors (Lipinski definition) is 1. The molecule has 0 aromatic rings. The van der Waals surface area contributed by atoms with Gasteiger partial charge in [-0.1, -0.05) is 0 Å². The predicted octanol–water partition coefficient (Wildman–Crippen LogP) is 1.13. The van der Waals surface area contributed by atoms with Gasteiger partial charge in [-0.2, -0.15) is 0 Å². The van der Waals surface area contributed by atoms with E-state index in [0.717, 1.165) is 64.9 Å². The minimum Gasteiger partial charge on any atom is -0.383 e. The minimum absolute atomic E-state index is 0. The average Bonchev–Trinajstić information content (AvgIpc) is 3.05. The Labute approximate surface area is 170 Å². The van der Waals surface area contributed by atoms with Gasteiger partial charge in [-0.15, -0.1) is 24.0 Å². The van der Waals surface area contributed by atoms with Crippen LogP contribution in [0.4, 0.5) is 0 Å². The number of likely N-dealkylation sites (tertiary alicyclic amines) is 1. The molecule has 150 valence electrons. The second-order valence-corrected chi connectivity index (χ2v) is 6.20. The third-order valence-corrected chi connectivity index (χ3v) is 4.13. The molecule has 0 aromatic carbocycles. The minimum atomic E-state index is 0. The molecule has 0 bridgehead atoms. The summed E-state index contributed by atoms with van der Waals surface area (Å²) in [5, 5.41) is 3.41. The molecule has 1 aliphatic rings. The van der Waals surface area contributed by atoms with E-state index < -0.39 is 0 Å². The van der Waals surface area contributed by atoms with Crippen molar-refractivity contribution in [3.8, 4) is 0 Å². The Hall–Kier alpha value is -0.160. The molecule has 1 fully saturated rings. The van der Waals surface area contributed by atoms with Crippen molar-refractivity contribution < 1.29 is 14.2 Å². The van der Waals surface area contributed by atoms with E-state index in [-0.39, 0.29) is 24.0 Å². The van der Waals surface area contributed by atoms with Crippen LogP contribution in [0.5, 0.6) is 0 Å². The zero-order chi connectivity index (χ0) is 17.6. The molecule has 1 heterocycles. The fourth-order valence-corrected chi connectivity index (χ4v) is 2.66. The van der Waals surface area contributed by atoms with Crippen LogP contribution < -0.4 is 5.32 Å². The van der Waals surface area contributed by atoms with Crippen LogP contribution in [0.3, 0.4) is 0 Å². The molecule has 0 radical (unpaired) electrons. The van der Waals surface area contributed by atoms with Gasteiger partial charge in [-0.3, -0.25) is 4.99 Å². The summed E-state index contributed by atoms with van der Waals surface area (Å²) < 4.78 is 15.8. The molecule has 0 aliphatic carbocycles. The number of methoxy groups -OCH3 is 2. The van der Waals surface area contributed by atoms with Crippen LogP contribution >= 0.6 is 24.0 Å². The maximum atomic E-state index is 5.67. The van der Waals surface area contributed by atoms with E-state index in [9.17, 15) is 0 Å². The van der Waals surface area contributed by atoms with Crippen molar-refractivity contribution in [2.75, 3.05) is 87.0 Å². The van der Waals surface area contributed by atoms with Gasteiger partial charge in [0.1, 0.15) is 0 Å². The number of guanidine groups is 1. The highest BCUT2D eigenvalue weighted by Crippen LogP contribution is 2.16. The van der Waals surface area contributed by atoms with Gasteiger partial charge in [-0.05, 0) is 20.4 Å². The smallest absolute Gasteiger partial charge is 0.193 e. The summed E-state index contributed by atoms with van der Waals surface area (Å²) >= 11 is 0. The average molecular weight is 472 g/mol. The fourth-order valence-electron chi connectivity index (χ4n) is 2.66. The molecule has 1 aliphatic heterocycles. The van der Waals surface area contributed by atoms with Crippen molar-refractivity contribution in [3.05, 3.63) is 0 Å². The van der Waals surface area contributed by atoms with E-state index >= 15 is 0 Å². The first-order chi connectivity index (χ1) is 11.7. The zero-order valence-electron chi connectivity index (χ0n) is 16.3. The van der Waals surface area contributed by atoms with Crippen LogP contribution in [-0.4, -0.2) is 103 Å². The number of hydrogen-bond acceptors (Lipinski definition) is 5. The van der Waals surface area contributed by atoms with Crippen LogP contribution in [0.2, 0.25) is 0 Å². The Morgan fingerprint density at radius 1 is 1.20 bits per heavy atom. The third kappa shape index (κ3) is 11.2. The number of ether oxygens (including phenoxy) is 3. The van der Waals surface area contributed by atoms with Gasteiger partial charge in [0.15, 0.2) is 5.96 Å². The Balaban J connectivity index is 0.00000576. The van der Waals surface area contributed by atoms with Crippen LogP contribution in [0.25, 0.3) is 0 Å². The quantitative estimate of drug-likeness (QED) is 0.199. The molecular weight excluding hydrogens is 435 g/mol. The number of halogens is 1. The maximum absolute atomic E-state index is 5.67. The molecule has 25 heavy (non-hydrogen) atoms. The number of aliphatic imine (C=N–C) groups is 1. The van der Waals surface area contributed by atoms with Gasteiger partial charge in [0.2, 0.25) is 0 Å². The van der Waals surface area contributed by atoms with Gasteiger partial charge >= 0.3 is 0 Å². The molecule has 1 unspecified atom stereocenters. The van der Waals surface area contributed by atoms with Crippen molar-refractivity contribution in [3.63, 3.8) is 0 Å². The van der Waals surface area contributed by atoms with E-state index in [1.54, 1.807) is 14.2 Å². The lowest BCUT2D eigenvalue weighted by molar-refractivity contribution is 0.0536. The third-order valence-electron chi connectivity index (χ3n) is 4.13. The van der Waals surface area contributed by atoms with E-state index in [0.29, 0.717) is 19.1 Å². The fraction of sp³-hybridized carbons (Fsp3) is 0.941. The SMILES string of the molecule is CCNC(=NCCN(C)CCOC)N1CCC(COCCOC)C1.I. The molecule has 8 heteroatoms. The molecule has 0 aromatic heterocycles. The monoisotopic (exact) mass is 472 g/mol. The lowest BCUT2D eigenvalue weighted by Crippen LogP contribution is -2.40. The lowest BCUT2D eigenvalue weighted by Gasteiger charge is -2.22. The number of rotatable bonds is 12. The first-order valence-corrected chi connectivity index (χ1v) is 8.98. The van der Waals surface area contributed by atoms with Gasteiger partial charge in [0.05, 0.1) is 33.0 Å². The zero-order valence-corrected chi connectivity index (χ0v) is 18.7. The van der Waals surface area contributed by atoms with Gasteiger partial charge in [0, 0.05) is 52.9 Å². The number of likely N-dealkylation sites (N-methyl/N-ethyl adjacent to an activating group) is 1. The highest BCUT2D eigenvalue weighted by Gasteiger charge is 2.24. The highest BCUT2D eigenvalue weighted by atomic mass is 127. The highest BCUT2D eigenvalue weighted by molar-refractivity contribution is 14.0. The second-order valence-electron chi connectivity index (χ2n) is 6.20. The molecule has 0 saturated carbocycles. The van der Waals surface area contributed by atoms with Crippen LogP contribution in [0.15, 0.2) is 4.99 Å². The van der Waals surface area contributed by atoms with Crippen molar-refractivity contribution in [2.24, 2.45) is 10.9 Å². The van der Waals surface area contributed by atoms with Crippen LogP contribution in [0.1, 0.15) is 13.3 Å². The van der Waals surface area contributed by atoms with Crippen LogP contribution in [0, 0.1) is 5.92 Å². The summed E-state index contributed by atoms with van der Waals surface area (Å²) in [5.41, 5.74) is 0. The Morgan fingerprint density at radius 2 is 1.96 bits per heavy atom. The molecular formula is C17H37IN4O3. The van der Waals surface area contributed by atoms with Gasteiger partial charge in [-0.25, -0.2) is 0 Å². The van der Waals surface area contributed by atoms with Crippen LogP contribution in [-0.2, 0) is 14.2 Å². The number of nitrogens with zero attached hydrogens (tertiary/aromatic N) is 3. The first-order valence-electron chi connectivity index (χ1n) is 8.98. The normalized spacial score (nSPS) is 17.9. The molecule has 1 saturated heterocycles. The summed E-state index contributed by atoms with van der Waals surface area (Å²) in [6, 6.07) is 0. The lowest BCUT2D eigenvalue weighted by atomic mass is 10.1. The second kappa shape index (κ2) is 16.0. The predicted molar refractivity (Wildman–Crippen MR) is 113 cm³/mol. The summed E-state index contributed by atoms with van der Waals surface area (Å²) in [6.45, 7) is 10.6. The largest absolute Gasteiger partial charge is 0.383 e. The topological polar surface area (TPSA) is 58.6 Å². The molecule has 0 spiro atoms. The molecule has 1 N–H and O–H groups in total. The van der Waals surface area contributed by atoms with E-state index in [1.807, 2.05) is 0 Å². The standard InChI is InChI=1S/C17H36N4O3.HI/c1-5-18-17(19-7-9-20(2)10-11-22-3)21-8-6-16(14-21)15-24-13-12-23-4;/h16H,5-15H2,1-4H3,(H,18,19);1H. The molecule has 1 rings (SSSR count). The van der Waals surface area contributed by atoms with Gasteiger partial charge in [0.25, 0.3) is 0 Å². The Bertz CT molecular complexity index is 348. The van der Waals surface area contributed by atoms with Crippen molar-refractivity contribution in [1.82, 2.24) is 15.1 Å². The molecule has 1 atom stereocenters. The van der Waals surface area contributed by atoms with Gasteiger partial charge < -0.3 is 29.3 Å². The Kier molecular flexibility index (Phi) is 15.9. The van der Waals surface area contributed by atoms with Crippen molar-refractivity contribution in [2.45, 2.75) is 13.3 Å². The van der Waals surface area contributed by atoms with E-state index in [2.05, 4.69) is 29.1 Å². The summed E-state index contributed by atoms with van der Waals surface area (Å²) in [5.74, 6) is 1.60. The summed E-state index contributed by atoms with van der Waals surface area (Å²) in [6.07, 6.45) is 1.16. The van der Waals surface area contributed by atoms with E-state index in [1.165, 1.54) is 0 Å². The summed E-state index contributed by atoms with van der Waals surface area (Å²) in [7, 11) is 5.54. The van der Waals surface area contributed by atoms with Crippen molar-refractivity contribution in [1.29, 1.82) is 0 Å². The maximum Gasteiger partial charge on any atom is 0.193 e. The molecule has 7 nitrogen and oxygen atoms in total. The van der Waals surface area contributed by atoms with E-state index in [4.69, 9.17) is 19.2 Å². The summed E-state index contributed by atoms with van der Waals surface area (Å²) in [4.78, 5) is 9.37.